The van der Waals surface area contributed by atoms with Crippen molar-refractivity contribution in [1.82, 2.24) is 9.21 Å². The summed E-state index contributed by atoms with van der Waals surface area (Å²) < 4.78 is 39.0. The number of carbonyl (C=O) groups is 2. The Bertz CT molecular complexity index is 1210. The number of amides is 1. The molecule has 9 nitrogen and oxygen atoms in total. The Morgan fingerprint density at radius 1 is 0.944 bits per heavy atom. The van der Waals surface area contributed by atoms with E-state index in [9.17, 15) is 18.0 Å². The van der Waals surface area contributed by atoms with Crippen molar-refractivity contribution >= 4 is 27.6 Å². The monoisotopic (exact) mass is 515 g/mol. The standard InChI is InChI=1S/C26H33N3O6S/c1-3-35-26(31)11-10-25(30)28-16-14-27(15-17-28)23-18-22(8-9-24(23)34-2)36(32,33)29-13-12-20-6-4-5-7-21(20)19-29/h4-9,18H,3,10-17,19H2,1-2H3. The average Bonchev–Trinajstić information content (AvgIpc) is 2.91. The fourth-order valence-corrected chi connectivity index (χ4v) is 6.14. The molecule has 0 radical (unpaired) electrons. The minimum absolute atomic E-state index is 0.0710. The molecule has 2 aromatic carbocycles. The van der Waals surface area contributed by atoms with Gasteiger partial charge in [0.1, 0.15) is 5.75 Å². The van der Waals surface area contributed by atoms with Gasteiger partial charge in [-0.25, -0.2) is 8.42 Å². The van der Waals surface area contributed by atoms with Crippen LogP contribution in [0.25, 0.3) is 0 Å². The minimum atomic E-state index is -3.69. The van der Waals surface area contributed by atoms with Crippen molar-refractivity contribution in [3.63, 3.8) is 0 Å². The van der Waals surface area contributed by atoms with E-state index >= 15 is 0 Å². The second-order valence-electron chi connectivity index (χ2n) is 8.86. The van der Waals surface area contributed by atoms with Gasteiger partial charge in [-0.2, -0.15) is 4.31 Å². The fourth-order valence-electron chi connectivity index (χ4n) is 4.70. The lowest BCUT2D eigenvalue weighted by Gasteiger charge is -2.37. The van der Waals surface area contributed by atoms with Crippen molar-refractivity contribution < 1.29 is 27.5 Å². The molecule has 4 rings (SSSR count). The van der Waals surface area contributed by atoms with Crippen LogP contribution in [0, 0.1) is 0 Å². The first-order valence-electron chi connectivity index (χ1n) is 12.3. The van der Waals surface area contributed by atoms with Crippen molar-refractivity contribution in [2.75, 3.05) is 51.3 Å². The summed E-state index contributed by atoms with van der Waals surface area (Å²) in [6.45, 7) is 4.84. The predicted octanol–water partition coefficient (Wildman–Crippen LogP) is 2.43. The lowest BCUT2D eigenvalue weighted by atomic mass is 10.0. The average molecular weight is 516 g/mol. The van der Waals surface area contributed by atoms with Gasteiger partial charge in [0, 0.05) is 45.7 Å². The zero-order chi connectivity index (χ0) is 25.7. The molecular weight excluding hydrogens is 482 g/mol. The van der Waals surface area contributed by atoms with Crippen molar-refractivity contribution in [2.45, 2.75) is 37.6 Å². The van der Waals surface area contributed by atoms with Crippen LogP contribution in [0.3, 0.4) is 0 Å². The molecule has 1 saturated heterocycles. The molecule has 0 spiro atoms. The number of carbonyl (C=O) groups excluding carboxylic acids is 2. The summed E-state index contributed by atoms with van der Waals surface area (Å²) in [4.78, 5) is 28.1. The molecule has 194 valence electrons. The normalized spacial score (nSPS) is 16.4. The molecule has 0 N–H and O–H groups in total. The van der Waals surface area contributed by atoms with Crippen LogP contribution < -0.4 is 9.64 Å². The Hall–Kier alpha value is -3.11. The maximum absolute atomic E-state index is 13.5. The molecule has 0 aromatic heterocycles. The molecule has 0 unspecified atom stereocenters. The number of rotatable bonds is 8. The number of ether oxygens (including phenoxy) is 2. The van der Waals surface area contributed by atoms with E-state index in [4.69, 9.17) is 9.47 Å². The largest absolute Gasteiger partial charge is 0.495 e. The summed E-state index contributed by atoms with van der Waals surface area (Å²) in [6.07, 6.45) is 0.876. The number of methoxy groups -OCH3 is 1. The van der Waals surface area contributed by atoms with Crippen LogP contribution in [-0.4, -0.2) is 75.9 Å². The lowest BCUT2D eigenvalue weighted by molar-refractivity contribution is -0.145. The van der Waals surface area contributed by atoms with E-state index < -0.39 is 10.0 Å². The summed E-state index contributed by atoms with van der Waals surface area (Å²) in [5.41, 5.74) is 2.91. The van der Waals surface area contributed by atoms with Crippen LogP contribution in [0.2, 0.25) is 0 Å². The summed E-state index contributed by atoms with van der Waals surface area (Å²) in [7, 11) is -2.13. The Morgan fingerprint density at radius 2 is 1.67 bits per heavy atom. The molecule has 0 saturated carbocycles. The van der Waals surface area contributed by atoms with Gasteiger partial charge in [-0.15, -0.1) is 0 Å². The third-order valence-electron chi connectivity index (χ3n) is 6.71. The van der Waals surface area contributed by atoms with Crippen LogP contribution in [-0.2, 0) is 37.3 Å². The quantitative estimate of drug-likeness (QED) is 0.498. The van der Waals surface area contributed by atoms with Crippen molar-refractivity contribution in [3.8, 4) is 5.75 Å². The van der Waals surface area contributed by atoms with Gasteiger partial charge in [0.25, 0.3) is 0 Å². The second-order valence-corrected chi connectivity index (χ2v) is 10.8. The second kappa shape index (κ2) is 11.3. The highest BCUT2D eigenvalue weighted by atomic mass is 32.2. The number of fused-ring (bicyclic) bond motifs is 1. The highest BCUT2D eigenvalue weighted by molar-refractivity contribution is 7.89. The summed E-state index contributed by atoms with van der Waals surface area (Å²) >= 11 is 0. The molecule has 2 aliphatic rings. The summed E-state index contributed by atoms with van der Waals surface area (Å²) in [6, 6.07) is 12.9. The molecule has 0 atom stereocenters. The van der Waals surface area contributed by atoms with E-state index in [2.05, 4.69) is 0 Å². The maximum Gasteiger partial charge on any atom is 0.306 e. The van der Waals surface area contributed by atoms with Crippen LogP contribution in [0.15, 0.2) is 47.4 Å². The number of nitrogens with zero attached hydrogens (tertiary/aromatic N) is 3. The van der Waals surface area contributed by atoms with Gasteiger partial charge < -0.3 is 19.3 Å². The van der Waals surface area contributed by atoms with E-state index in [-0.39, 0.29) is 29.6 Å². The van der Waals surface area contributed by atoms with Gasteiger partial charge in [0.15, 0.2) is 0 Å². The number of anilines is 1. The van der Waals surface area contributed by atoms with E-state index in [1.165, 1.54) is 9.87 Å². The smallest absolute Gasteiger partial charge is 0.306 e. The lowest BCUT2D eigenvalue weighted by Crippen LogP contribution is -2.49. The number of benzene rings is 2. The molecule has 36 heavy (non-hydrogen) atoms. The molecule has 1 amide bonds. The fraction of sp³-hybridized carbons (Fsp3) is 0.462. The third kappa shape index (κ3) is 5.65. The SMILES string of the molecule is CCOC(=O)CCC(=O)N1CCN(c2cc(S(=O)(=O)N3CCc4ccccc4C3)ccc2OC)CC1. The van der Waals surface area contributed by atoms with Gasteiger partial charge in [-0.05, 0) is 42.7 Å². The number of esters is 1. The topological polar surface area (TPSA) is 96.5 Å². The van der Waals surface area contributed by atoms with Gasteiger partial charge in [-0.3, -0.25) is 9.59 Å². The van der Waals surface area contributed by atoms with Gasteiger partial charge in [0.2, 0.25) is 15.9 Å². The number of sulfonamides is 1. The maximum atomic E-state index is 13.5. The molecule has 2 aliphatic heterocycles. The highest BCUT2D eigenvalue weighted by Crippen LogP contribution is 2.34. The summed E-state index contributed by atoms with van der Waals surface area (Å²) in [5.74, 6) is 0.126. The van der Waals surface area contributed by atoms with E-state index in [0.29, 0.717) is 63.7 Å². The van der Waals surface area contributed by atoms with Crippen LogP contribution in [0.5, 0.6) is 5.75 Å². The Balaban J connectivity index is 1.45. The zero-order valence-electron chi connectivity index (χ0n) is 20.8. The summed E-state index contributed by atoms with van der Waals surface area (Å²) in [5, 5.41) is 0. The van der Waals surface area contributed by atoms with E-state index in [1.54, 1.807) is 37.1 Å². The molecular formula is C26H33N3O6S. The highest BCUT2D eigenvalue weighted by Gasteiger charge is 2.30. The van der Waals surface area contributed by atoms with Crippen LogP contribution >= 0.6 is 0 Å². The van der Waals surface area contributed by atoms with Gasteiger partial charge in [-0.1, -0.05) is 24.3 Å². The van der Waals surface area contributed by atoms with Crippen molar-refractivity contribution in [3.05, 3.63) is 53.6 Å². The Labute approximate surface area is 212 Å². The van der Waals surface area contributed by atoms with E-state index in [0.717, 1.165) is 5.56 Å². The first-order chi connectivity index (χ1) is 17.3. The molecule has 0 bridgehead atoms. The van der Waals surface area contributed by atoms with Crippen LogP contribution in [0.4, 0.5) is 5.69 Å². The molecule has 2 heterocycles. The molecule has 0 aliphatic carbocycles. The first kappa shape index (κ1) is 26.0. The minimum Gasteiger partial charge on any atom is -0.495 e. The van der Waals surface area contributed by atoms with E-state index in [1.807, 2.05) is 29.2 Å². The van der Waals surface area contributed by atoms with Gasteiger partial charge in [0.05, 0.1) is 30.7 Å². The number of hydrogen-bond acceptors (Lipinski definition) is 7. The van der Waals surface area contributed by atoms with Crippen molar-refractivity contribution in [1.29, 1.82) is 0 Å². The third-order valence-corrected chi connectivity index (χ3v) is 8.55. The molecule has 1 fully saturated rings. The Morgan fingerprint density at radius 3 is 2.36 bits per heavy atom. The number of hydrogen-bond donors (Lipinski definition) is 0. The first-order valence-corrected chi connectivity index (χ1v) is 13.7. The Kier molecular flexibility index (Phi) is 8.15. The molecule has 2 aromatic rings. The zero-order valence-corrected chi connectivity index (χ0v) is 21.6. The number of piperazine rings is 1. The van der Waals surface area contributed by atoms with Crippen molar-refractivity contribution in [2.24, 2.45) is 0 Å². The molecule has 10 heteroatoms. The van der Waals surface area contributed by atoms with Gasteiger partial charge >= 0.3 is 5.97 Å². The predicted molar refractivity (Wildman–Crippen MR) is 135 cm³/mol. The van der Waals surface area contributed by atoms with Crippen LogP contribution in [0.1, 0.15) is 30.9 Å².